The van der Waals surface area contributed by atoms with Gasteiger partial charge in [-0.15, -0.1) is 11.3 Å². The molecule has 0 radical (unpaired) electrons. The van der Waals surface area contributed by atoms with E-state index in [2.05, 4.69) is 131 Å². The SMILES string of the molecule is c1ccc(N(c2ccc(-c3nc4ccccc4s3)cc2)c2ccc3c(ccc4cc(N(c5ccc6oc7ccccc7c6c5)c5ccccn5)ccc43)c2)nc1. The van der Waals surface area contributed by atoms with E-state index in [4.69, 9.17) is 19.4 Å². The van der Waals surface area contributed by atoms with Crippen molar-refractivity contribution in [3.8, 4) is 10.6 Å². The number of hydrogen-bond acceptors (Lipinski definition) is 7. The molecule has 0 fully saturated rings. The molecule has 11 aromatic rings. The maximum Gasteiger partial charge on any atom is 0.137 e. The number of hydrogen-bond donors (Lipinski definition) is 0. The van der Waals surface area contributed by atoms with Crippen molar-refractivity contribution >= 4 is 99.4 Å². The maximum atomic E-state index is 6.16. The van der Waals surface area contributed by atoms with Crippen LogP contribution >= 0.6 is 11.3 Å². The zero-order chi connectivity index (χ0) is 37.0. The molecule has 4 heterocycles. The van der Waals surface area contributed by atoms with E-state index < -0.39 is 0 Å². The van der Waals surface area contributed by atoms with Crippen molar-refractivity contribution in [2.45, 2.75) is 0 Å². The molecule has 0 unspecified atom stereocenters. The first-order chi connectivity index (χ1) is 27.7. The lowest BCUT2D eigenvalue weighted by Gasteiger charge is -2.25. The lowest BCUT2D eigenvalue weighted by atomic mass is 10.00. The predicted molar refractivity (Wildman–Crippen MR) is 232 cm³/mol. The molecule has 0 aliphatic rings. The number of aromatic nitrogens is 3. The second kappa shape index (κ2) is 13.2. The summed E-state index contributed by atoms with van der Waals surface area (Å²) >= 11 is 1.71. The van der Waals surface area contributed by atoms with Gasteiger partial charge in [-0.3, -0.25) is 9.80 Å². The van der Waals surface area contributed by atoms with Crippen LogP contribution in [0.5, 0.6) is 0 Å². The molecule has 0 spiro atoms. The van der Waals surface area contributed by atoms with E-state index in [1.165, 1.54) is 15.5 Å². The molecular weight excluding hydrogens is 707 g/mol. The van der Waals surface area contributed by atoms with Crippen molar-refractivity contribution in [1.82, 2.24) is 15.0 Å². The summed E-state index contributed by atoms with van der Waals surface area (Å²) < 4.78 is 7.35. The van der Waals surface area contributed by atoms with E-state index in [9.17, 15) is 0 Å². The fourth-order valence-corrected chi connectivity index (χ4v) is 8.70. The standard InChI is InChI=1S/C49H31N5OS/c1-3-11-44-41(9-1)42-31-38(23-26-45(42)55-44)54(48-14-6-8-28-51-48)37-22-25-40-34(30-37)16-15-33-29-36(21-24-39(33)40)53(47-13-5-7-27-50-47)35-19-17-32(18-20-35)49-52-43-10-2-4-12-46(43)56-49/h1-31H. The molecule has 0 saturated heterocycles. The summed E-state index contributed by atoms with van der Waals surface area (Å²) in [5.74, 6) is 1.69. The van der Waals surface area contributed by atoms with Gasteiger partial charge in [0.1, 0.15) is 27.8 Å². The quantitative estimate of drug-likeness (QED) is 0.152. The third-order valence-electron chi connectivity index (χ3n) is 10.4. The van der Waals surface area contributed by atoms with Crippen LogP contribution in [0.2, 0.25) is 0 Å². The molecule has 0 aliphatic heterocycles. The lowest BCUT2D eigenvalue weighted by molar-refractivity contribution is 0.669. The molecule has 7 heteroatoms. The Morgan fingerprint density at radius 2 is 1.00 bits per heavy atom. The summed E-state index contributed by atoms with van der Waals surface area (Å²) in [6.45, 7) is 0. The number of pyridine rings is 2. The Hall–Kier alpha value is -7.35. The van der Waals surface area contributed by atoms with Gasteiger partial charge in [-0.1, -0.05) is 66.7 Å². The molecule has 0 amide bonds. The Morgan fingerprint density at radius 1 is 0.429 bits per heavy atom. The highest BCUT2D eigenvalue weighted by Gasteiger charge is 2.19. The molecule has 6 nitrogen and oxygen atoms in total. The molecule has 0 aliphatic carbocycles. The summed E-state index contributed by atoms with van der Waals surface area (Å²) in [5, 5.41) is 7.83. The lowest BCUT2D eigenvalue weighted by Crippen LogP contribution is -2.11. The van der Waals surface area contributed by atoms with Crippen LogP contribution in [0.15, 0.2) is 193 Å². The maximum absolute atomic E-state index is 6.16. The molecular formula is C49H31N5OS. The van der Waals surface area contributed by atoms with Crippen molar-refractivity contribution in [2.75, 3.05) is 9.80 Å². The molecule has 0 saturated carbocycles. The monoisotopic (exact) mass is 737 g/mol. The van der Waals surface area contributed by atoms with Gasteiger partial charge in [-0.25, -0.2) is 15.0 Å². The third-order valence-corrected chi connectivity index (χ3v) is 11.4. The van der Waals surface area contributed by atoms with E-state index in [0.717, 1.165) is 83.2 Å². The second-order valence-electron chi connectivity index (χ2n) is 13.7. The van der Waals surface area contributed by atoms with E-state index in [0.29, 0.717) is 0 Å². The van der Waals surface area contributed by atoms with E-state index in [1.807, 2.05) is 67.0 Å². The van der Waals surface area contributed by atoms with Gasteiger partial charge in [0.15, 0.2) is 0 Å². The third kappa shape index (κ3) is 5.52. The van der Waals surface area contributed by atoms with Crippen molar-refractivity contribution < 1.29 is 4.42 Å². The van der Waals surface area contributed by atoms with Gasteiger partial charge in [-0.05, 0) is 131 Å². The average molecular weight is 738 g/mol. The fourth-order valence-electron chi connectivity index (χ4n) is 7.73. The minimum atomic E-state index is 0.840. The molecule has 0 bridgehead atoms. The van der Waals surface area contributed by atoms with Gasteiger partial charge in [-0.2, -0.15) is 0 Å². The highest BCUT2D eigenvalue weighted by atomic mass is 32.1. The van der Waals surface area contributed by atoms with Gasteiger partial charge in [0.05, 0.1) is 10.2 Å². The normalized spacial score (nSPS) is 11.6. The number of thiazole rings is 1. The molecule has 4 aromatic heterocycles. The molecule has 7 aromatic carbocycles. The number of rotatable bonds is 7. The Kier molecular flexibility index (Phi) is 7.57. The minimum absolute atomic E-state index is 0.840. The molecule has 11 rings (SSSR count). The van der Waals surface area contributed by atoms with Crippen LogP contribution in [0.3, 0.4) is 0 Å². The van der Waals surface area contributed by atoms with Crippen LogP contribution in [-0.4, -0.2) is 15.0 Å². The van der Waals surface area contributed by atoms with Gasteiger partial charge in [0.25, 0.3) is 0 Å². The van der Waals surface area contributed by atoms with Crippen LogP contribution in [0, 0.1) is 0 Å². The average Bonchev–Trinajstić information content (AvgIpc) is 3.87. The number of furan rings is 1. The first kappa shape index (κ1) is 32.1. The molecule has 264 valence electrons. The Labute approximate surface area is 326 Å². The fraction of sp³-hybridized carbons (Fsp3) is 0. The van der Waals surface area contributed by atoms with Crippen molar-refractivity contribution in [3.05, 3.63) is 188 Å². The first-order valence-electron chi connectivity index (χ1n) is 18.5. The van der Waals surface area contributed by atoms with E-state index >= 15 is 0 Å². The topological polar surface area (TPSA) is 58.3 Å². The van der Waals surface area contributed by atoms with Crippen LogP contribution in [-0.2, 0) is 0 Å². The van der Waals surface area contributed by atoms with Crippen LogP contribution in [0.1, 0.15) is 0 Å². The summed E-state index contributed by atoms with van der Waals surface area (Å²) in [6, 6.07) is 61.3. The molecule has 0 N–H and O–H groups in total. The Balaban J connectivity index is 0.978. The van der Waals surface area contributed by atoms with Gasteiger partial charge in [0, 0.05) is 51.5 Å². The number of nitrogens with zero attached hydrogens (tertiary/aromatic N) is 5. The zero-order valence-electron chi connectivity index (χ0n) is 30.0. The zero-order valence-corrected chi connectivity index (χ0v) is 30.8. The molecule has 56 heavy (non-hydrogen) atoms. The van der Waals surface area contributed by atoms with Crippen LogP contribution < -0.4 is 9.80 Å². The number of benzene rings is 7. The first-order valence-corrected chi connectivity index (χ1v) is 19.3. The minimum Gasteiger partial charge on any atom is -0.456 e. The smallest absolute Gasteiger partial charge is 0.137 e. The summed E-state index contributed by atoms with van der Waals surface area (Å²) in [5.41, 5.74) is 7.95. The van der Waals surface area contributed by atoms with Crippen molar-refractivity contribution in [1.29, 1.82) is 0 Å². The molecule has 0 atom stereocenters. The van der Waals surface area contributed by atoms with Crippen molar-refractivity contribution in [3.63, 3.8) is 0 Å². The van der Waals surface area contributed by atoms with E-state index in [1.54, 1.807) is 11.3 Å². The second-order valence-corrected chi connectivity index (χ2v) is 14.8. The van der Waals surface area contributed by atoms with Crippen molar-refractivity contribution in [2.24, 2.45) is 0 Å². The summed E-state index contributed by atoms with van der Waals surface area (Å²) in [7, 11) is 0. The summed E-state index contributed by atoms with van der Waals surface area (Å²) in [4.78, 5) is 18.9. The Bertz CT molecular complexity index is 3180. The number of anilines is 6. The van der Waals surface area contributed by atoms with Crippen LogP contribution in [0.25, 0.3) is 64.3 Å². The summed E-state index contributed by atoms with van der Waals surface area (Å²) in [6.07, 6.45) is 3.68. The highest BCUT2D eigenvalue weighted by molar-refractivity contribution is 7.21. The highest BCUT2D eigenvalue weighted by Crippen LogP contribution is 2.41. The van der Waals surface area contributed by atoms with Gasteiger partial charge >= 0.3 is 0 Å². The Morgan fingerprint density at radius 3 is 1.68 bits per heavy atom. The van der Waals surface area contributed by atoms with Gasteiger partial charge < -0.3 is 4.42 Å². The van der Waals surface area contributed by atoms with E-state index in [-0.39, 0.29) is 0 Å². The van der Waals surface area contributed by atoms with Gasteiger partial charge in [0.2, 0.25) is 0 Å². The predicted octanol–water partition coefficient (Wildman–Crippen LogP) is 13.9. The number of fused-ring (bicyclic) bond motifs is 7. The van der Waals surface area contributed by atoms with Crippen LogP contribution in [0.4, 0.5) is 34.4 Å². The largest absolute Gasteiger partial charge is 0.456 e. The number of para-hydroxylation sites is 2.